The number of ether oxygens (including phenoxy) is 1. The number of amides is 1. The lowest BCUT2D eigenvalue weighted by molar-refractivity contribution is -0.120. The molecular weight excluding hydrogens is 352 g/mol. The lowest BCUT2D eigenvalue weighted by Crippen LogP contribution is -2.32. The fourth-order valence-electron chi connectivity index (χ4n) is 2.58. The molecule has 6 nitrogen and oxygen atoms in total. The van der Waals surface area contributed by atoms with Crippen LogP contribution in [0.4, 0.5) is 0 Å². The van der Waals surface area contributed by atoms with Crippen molar-refractivity contribution in [1.29, 1.82) is 0 Å². The zero-order chi connectivity index (χ0) is 17.3. The molecule has 1 amide bonds. The predicted octanol–water partition coefficient (Wildman–Crippen LogP) is 2.35. The van der Waals surface area contributed by atoms with E-state index in [-0.39, 0.29) is 10.9 Å². The summed E-state index contributed by atoms with van der Waals surface area (Å²) in [5.74, 6) is -0.291. The van der Waals surface area contributed by atoms with Gasteiger partial charge in [0.15, 0.2) is 5.03 Å². The molecule has 126 valence electrons. The average molecular weight is 367 g/mol. The van der Waals surface area contributed by atoms with E-state index in [1.54, 1.807) is 7.11 Å². The quantitative estimate of drug-likeness (QED) is 0.877. The molecule has 2 aromatic rings. The first-order valence-electron chi connectivity index (χ1n) is 7.23. The normalized spacial score (nSPS) is 19.6. The molecule has 0 saturated heterocycles. The highest BCUT2D eigenvalue weighted by Gasteiger charge is 2.46. The standard InChI is InChI=1S/C16H15ClN2O4S/c1-23-14-5-3-2-4-11(14)12-8-13(12)16(20)19-24(21,22)15-7-6-10(17)9-18-15/h2-7,9,12-13H,8H2,1H3,(H,19,20)/t12-,13-/m1/s1. The molecule has 0 aliphatic heterocycles. The van der Waals surface area contributed by atoms with Gasteiger partial charge in [0.05, 0.1) is 12.1 Å². The molecule has 24 heavy (non-hydrogen) atoms. The highest BCUT2D eigenvalue weighted by molar-refractivity contribution is 7.90. The number of nitrogens with one attached hydrogen (secondary N) is 1. The number of pyridine rings is 1. The number of carbonyl (C=O) groups excluding carboxylic acids is 1. The summed E-state index contributed by atoms with van der Waals surface area (Å²) >= 11 is 5.69. The predicted molar refractivity (Wildman–Crippen MR) is 88.4 cm³/mol. The Morgan fingerprint density at radius 2 is 2.04 bits per heavy atom. The topological polar surface area (TPSA) is 85.4 Å². The van der Waals surface area contributed by atoms with Gasteiger partial charge in [-0.1, -0.05) is 29.8 Å². The van der Waals surface area contributed by atoms with E-state index in [1.165, 1.54) is 18.3 Å². The number of halogens is 1. The minimum atomic E-state index is -4.00. The van der Waals surface area contributed by atoms with Gasteiger partial charge >= 0.3 is 0 Å². The van der Waals surface area contributed by atoms with Crippen molar-refractivity contribution in [2.24, 2.45) is 5.92 Å². The number of hydrogen-bond donors (Lipinski definition) is 1. The molecule has 1 aliphatic rings. The molecule has 1 fully saturated rings. The largest absolute Gasteiger partial charge is 0.496 e. The number of sulfonamides is 1. The Balaban J connectivity index is 1.71. The molecule has 8 heteroatoms. The van der Waals surface area contributed by atoms with Gasteiger partial charge < -0.3 is 4.74 Å². The van der Waals surface area contributed by atoms with E-state index < -0.39 is 21.8 Å². The second kappa shape index (κ2) is 6.41. The van der Waals surface area contributed by atoms with E-state index in [9.17, 15) is 13.2 Å². The van der Waals surface area contributed by atoms with Crippen molar-refractivity contribution in [2.75, 3.05) is 7.11 Å². The number of carbonyl (C=O) groups is 1. The summed E-state index contributed by atoms with van der Waals surface area (Å²) in [4.78, 5) is 16.0. The second-order valence-corrected chi connectivity index (χ2v) is 7.54. The van der Waals surface area contributed by atoms with Crippen LogP contribution in [0.2, 0.25) is 5.02 Å². The second-order valence-electron chi connectivity index (χ2n) is 5.48. The zero-order valence-corrected chi connectivity index (χ0v) is 14.3. The van der Waals surface area contributed by atoms with Crippen molar-refractivity contribution >= 4 is 27.5 Å². The summed E-state index contributed by atoms with van der Waals surface area (Å²) in [6, 6.07) is 10.1. The molecule has 1 aromatic heterocycles. The Morgan fingerprint density at radius 1 is 1.29 bits per heavy atom. The molecule has 1 saturated carbocycles. The van der Waals surface area contributed by atoms with Crippen LogP contribution in [0.25, 0.3) is 0 Å². The van der Waals surface area contributed by atoms with Crippen LogP contribution in [-0.2, 0) is 14.8 Å². The van der Waals surface area contributed by atoms with Crippen molar-refractivity contribution in [1.82, 2.24) is 9.71 Å². The third-order valence-corrected chi connectivity index (χ3v) is 5.36. The maximum atomic E-state index is 12.3. The van der Waals surface area contributed by atoms with E-state index in [0.29, 0.717) is 17.2 Å². The molecule has 0 radical (unpaired) electrons. The van der Waals surface area contributed by atoms with Crippen molar-refractivity contribution in [2.45, 2.75) is 17.4 Å². The Kier molecular flexibility index (Phi) is 4.47. The monoisotopic (exact) mass is 366 g/mol. The fourth-order valence-corrected chi connectivity index (χ4v) is 3.65. The number of para-hydroxylation sites is 1. The fraction of sp³-hybridized carbons (Fsp3) is 0.250. The van der Waals surface area contributed by atoms with Gasteiger partial charge in [-0.15, -0.1) is 0 Å². The smallest absolute Gasteiger partial charge is 0.281 e. The maximum absolute atomic E-state index is 12.3. The van der Waals surface area contributed by atoms with Gasteiger partial charge in [-0.25, -0.2) is 9.71 Å². The molecule has 0 unspecified atom stereocenters. The molecule has 0 spiro atoms. The minimum absolute atomic E-state index is 0.0467. The first-order chi connectivity index (χ1) is 11.4. The van der Waals surface area contributed by atoms with Crippen LogP contribution in [0.1, 0.15) is 17.9 Å². The third-order valence-electron chi connectivity index (χ3n) is 3.88. The van der Waals surface area contributed by atoms with Gasteiger partial charge in [-0.05, 0) is 36.1 Å². The summed E-state index contributed by atoms with van der Waals surface area (Å²) in [5, 5.41) is 0.0773. The Labute approximate surface area is 144 Å². The summed E-state index contributed by atoms with van der Waals surface area (Å²) in [6.45, 7) is 0. The number of benzene rings is 1. The zero-order valence-electron chi connectivity index (χ0n) is 12.8. The van der Waals surface area contributed by atoms with Gasteiger partial charge in [-0.3, -0.25) is 4.79 Å². The van der Waals surface area contributed by atoms with Gasteiger partial charge in [0, 0.05) is 12.1 Å². The number of nitrogens with zero attached hydrogens (tertiary/aromatic N) is 1. The lowest BCUT2D eigenvalue weighted by atomic mass is 10.1. The Hall–Kier alpha value is -2.12. The van der Waals surface area contributed by atoms with E-state index in [2.05, 4.69) is 9.71 Å². The Bertz CT molecular complexity index is 868. The van der Waals surface area contributed by atoms with Crippen LogP contribution < -0.4 is 9.46 Å². The van der Waals surface area contributed by atoms with Crippen LogP contribution in [-0.4, -0.2) is 26.4 Å². The van der Waals surface area contributed by atoms with Gasteiger partial charge in [0.1, 0.15) is 5.75 Å². The van der Waals surface area contributed by atoms with Crippen LogP contribution in [0.3, 0.4) is 0 Å². The minimum Gasteiger partial charge on any atom is -0.496 e. The van der Waals surface area contributed by atoms with Gasteiger partial charge in [0.25, 0.3) is 10.0 Å². The number of aromatic nitrogens is 1. The number of methoxy groups -OCH3 is 1. The highest BCUT2D eigenvalue weighted by Crippen LogP contribution is 2.50. The molecular formula is C16H15ClN2O4S. The summed E-state index contributed by atoms with van der Waals surface area (Å²) in [6.07, 6.45) is 1.80. The van der Waals surface area contributed by atoms with E-state index >= 15 is 0 Å². The van der Waals surface area contributed by atoms with Crippen molar-refractivity contribution in [3.63, 3.8) is 0 Å². The van der Waals surface area contributed by atoms with Crippen molar-refractivity contribution in [3.8, 4) is 5.75 Å². The van der Waals surface area contributed by atoms with Crippen LogP contribution >= 0.6 is 11.6 Å². The van der Waals surface area contributed by atoms with Crippen LogP contribution in [0, 0.1) is 5.92 Å². The van der Waals surface area contributed by atoms with Crippen molar-refractivity contribution < 1.29 is 17.9 Å². The lowest BCUT2D eigenvalue weighted by Gasteiger charge is -2.08. The van der Waals surface area contributed by atoms with Crippen LogP contribution in [0.5, 0.6) is 5.75 Å². The first kappa shape index (κ1) is 16.7. The summed E-state index contributed by atoms with van der Waals surface area (Å²) in [7, 11) is -2.44. The highest BCUT2D eigenvalue weighted by atomic mass is 35.5. The average Bonchev–Trinajstić information content (AvgIpc) is 3.35. The molecule has 3 rings (SSSR count). The number of rotatable bonds is 5. The van der Waals surface area contributed by atoms with Gasteiger partial charge in [-0.2, -0.15) is 8.42 Å². The SMILES string of the molecule is COc1ccccc1[C@H]1C[C@H]1C(=O)NS(=O)(=O)c1ccc(Cl)cn1. The summed E-state index contributed by atoms with van der Waals surface area (Å²) in [5.41, 5.74) is 0.905. The van der Waals surface area contributed by atoms with Gasteiger partial charge in [0.2, 0.25) is 5.91 Å². The maximum Gasteiger partial charge on any atom is 0.281 e. The molecule has 1 N–H and O–H groups in total. The first-order valence-corrected chi connectivity index (χ1v) is 9.09. The molecule has 1 aromatic carbocycles. The van der Waals surface area contributed by atoms with Crippen molar-refractivity contribution in [3.05, 3.63) is 53.2 Å². The molecule has 1 aliphatic carbocycles. The third kappa shape index (κ3) is 3.37. The molecule has 0 bridgehead atoms. The Morgan fingerprint density at radius 3 is 2.71 bits per heavy atom. The molecule has 2 atom stereocenters. The van der Waals surface area contributed by atoms with E-state index in [0.717, 1.165) is 5.56 Å². The van der Waals surface area contributed by atoms with Crippen LogP contribution in [0.15, 0.2) is 47.6 Å². The van der Waals surface area contributed by atoms with E-state index in [4.69, 9.17) is 16.3 Å². The summed E-state index contributed by atoms with van der Waals surface area (Å²) < 4.78 is 31.7. The molecule has 1 heterocycles. The van der Waals surface area contributed by atoms with E-state index in [1.807, 2.05) is 24.3 Å². The number of hydrogen-bond acceptors (Lipinski definition) is 5.